The molecule has 5 heterocycles. The lowest BCUT2D eigenvalue weighted by Gasteiger charge is -2.32. The lowest BCUT2D eigenvalue weighted by Crippen LogP contribution is -2.44. The SMILES string of the molecule is CC(C)(C)OC(=O)N(CC1(C=O)CC1)[C@H]1CC1c1ccccc1.CC(C)(C)OC(=O)N(CC1(CN2Cc3ccc(C#N)cc3C2)CC1)[C@H]1CC1c1ccccc1.CC(C)(C)OC(=O)N1Cc2ccc(Br)cc2C1.CC(C)(C)OC(=O)N1Cc2ccc(C#N)cc2C1.N#Cc1ccc2c(c1)CN(CC1(CN[C@H]3CC3c3ccccc3)CC1)C2.N#Cc1ccc2c(c1)CNC2. The summed E-state index contributed by atoms with van der Waals surface area (Å²) in [6, 6.07) is 71.1. The Morgan fingerprint density at radius 3 is 1.18 bits per heavy atom. The van der Waals surface area contributed by atoms with E-state index in [1.165, 1.54) is 87.0 Å². The third kappa shape index (κ3) is 25.4. The van der Waals surface area contributed by atoms with Crippen LogP contribution in [-0.2, 0) is 89.2 Å². The molecule has 3 unspecified atom stereocenters. The minimum Gasteiger partial charge on any atom is -0.444 e. The molecular formula is C106H123BrN12O9. The van der Waals surface area contributed by atoms with Gasteiger partial charge in [-0.3, -0.25) is 19.6 Å². The fourth-order valence-corrected chi connectivity index (χ4v) is 18.3. The number of nitriles is 4. The summed E-state index contributed by atoms with van der Waals surface area (Å²) in [5.74, 6) is 1.47. The summed E-state index contributed by atoms with van der Waals surface area (Å²) in [5.41, 5.74) is 17.7. The number of nitrogens with one attached hydrogen (secondary N) is 2. The zero-order valence-corrected chi connectivity index (χ0v) is 77.9. The molecule has 0 aromatic heterocycles. The number of rotatable bonds is 17. The highest BCUT2D eigenvalue weighted by Crippen LogP contribution is 2.54. The quantitative estimate of drug-likeness (QED) is 0.0634. The smallest absolute Gasteiger partial charge is 0.410 e. The second-order valence-corrected chi connectivity index (χ2v) is 41.9. The van der Waals surface area contributed by atoms with Gasteiger partial charge in [-0.1, -0.05) is 137 Å². The molecule has 5 aliphatic heterocycles. The second-order valence-electron chi connectivity index (χ2n) is 40.9. The molecule has 22 heteroatoms. The molecule has 668 valence electrons. The van der Waals surface area contributed by atoms with Crippen molar-refractivity contribution in [1.82, 2.24) is 40.0 Å². The average molecular weight is 1790 g/mol. The molecule has 11 aliphatic rings. The van der Waals surface area contributed by atoms with Gasteiger partial charge in [0.25, 0.3) is 0 Å². The van der Waals surface area contributed by atoms with Gasteiger partial charge in [-0.05, 0) is 279 Å². The molecule has 4 amide bonds. The van der Waals surface area contributed by atoms with Gasteiger partial charge < -0.3 is 44.2 Å². The van der Waals surface area contributed by atoms with Gasteiger partial charge in [-0.15, -0.1) is 0 Å². The van der Waals surface area contributed by atoms with Crippen LogP contribution in [0.4, 0.5) is 19.2 Å². The van der Waals surface area contributed by atoms with Crippen LogP contribution in [0.3, 0.4) is 0 Å². The van der Waals surface area contributed by atoms with Crippen molar-refractivity contribution in [1.29, 1.82) is 21.0 Å². The van der Waals surface area contributed by atoms with Crippen LogP contribution in [0.1, 0.15) is 253 Å². The summed E-state index contributed by atoms with van der Waals surface area (Å²) in [5, 5.41) is 42.8. The molecule has 0 saturated heterocycles. The van der Waals surface area contributed by atoms with Crippen molar-refractivity contribution in [3.8, 4) is 24.3 Å². The van der Waals surface area contributed by atoms with E-state index in [9.17, 15) is 29.2 Å². The summed E-state index contributed by atoms with van der Waals surface area (Å²) in [4.78, 5) is 73.3. The number of hydrogen-bond acceptors (Lipinski definition) is 17. The van der Waals surface area contributed by atoms with Gasteiger partial charge in [-0.2, -0.15) is 21.0 Å². The summed E-state index contributed by atoms with van der Waals surface area (Å²) < 4.78 is 23.2. The number of benzene rings is 8. The Balaban J connectivity index is 0.000000128. The predicted molar refractivity (Wildman–Crippen MR) is 496 cm³/mol. The minimum absolute atomic E-state index is 0.140. The highest BCUT2D eigenvalue weighted by atomic mass is 79.9. The summed E-state index contributed by atoms with van der Waals surface area (Å²) in [7, 11) is 0. The van der Waals surface area contributed by atoms with Crippen LogP contribution >= 0.6 is 15.9 Å². The summed E-state index contributed by atoms with van der Waals surface area (Å²) in [6.45, 7) is 35.2. The van der Waals surface area contributed by atoms with Gasteiger partial charge in [0.15, 0.2) is 0 Å². The highest BCUT2D eigenvalue weighted by Gasteiger charge is 2.55. The van der Waals surface area contributed by atoms with Crippen LogP contribution in [0.2, 0.25) is 0 Å². The fraction of sp³-hybridized carbons (Fsp3) is 0.462. The average Bonchev–Trinajstić information content (AvgIpc) is 1.63. The van der Waals surface area contributed by atoms with Gasteiger partial charge in [0.2, 0.25) is 0 Å². The Bertz CT molecular complexity index is 5520. The number of carbonyl (C=O) groups is 5. The molecule has 6 atom stereocenters. The predicted octanol–water partition coefficient (Wildman–Crippen LogP) is 20.7. The van der Waals surface area contributed by atoms with Crippen LogP contribution in [-0.4, -0.2) is 133 Å². The molecule has 6 fully saturated rings. The molecule has 2 N–H and O–H groups in total. The summed E-state index contributed by atoms with van der Waals surface area (Å²) in [6.07, 6.45) is 9.95. The van der Waals surface area contributed by atoms with E-state index in [1.807, 2.05) is 173 Å². The first-order chi connectivity index (χ1) is 61.0. The lowest BCUT2D eigenvalue weighted by molar-refractivity contribution is -0.112. The molecule has 8 aromatic carbocycles. The first-order valence-electron chi connectivity index (χ1n) is 45.3. The Labute approximate surface area is 764 Å². The van der Waals surface area contributed by atoms with Crippen LogP contribution in [0.5, 0.6) is 0 Å². The first-order valence-corrected chi connectivity index (χ1v) is 46.1. The van der Waals surface area contributed by atoms with Crippen LogP contribution in [0, 0.1) is 61.6 Å². The Morgan fingerprint density at radius 1 is 0.422 bits per heavy atom. The van der Waals surface area contributed by atoms with Gasteiger partial charge in [-0.25, -0.2) is 19.2 Å². The van der Waals surface area contributed by atoms with E-state index >= 15 is 0 Å². The van der Waals surface area contributed by atoms with Gasteiger partial charge >= 0.3 is 24.4 Å². The summed E-state index contributed by atoms with van der Waals surface area (Å²) >= 11 is 3.44. The minimum atomic E-state index is -0.523. The molecule has 19 rings (SSSR count). The van der Waals surface area contributed by atoms with Gasteiger partial charge in [0, 0.05) is 149 Å². The monoisotopic (exact) mass is 1790 g/mol. The van der Waals surface area contributed by atoms with Crippen LogP contribution in [0.15, 0.2) is 186 Å². The van der Waals surface area contributed by atoms with E-state index in [-0.39, 0.29) is 47.3 Å². The van der Waals surface area contributed by atoms with Crippen molar-refractivity contribution in [2.75, 3.05) is 32.7 Å². The van der Waals surface area contributed by atoms with Crippen molar-refractivity contribution >= 4 is 46.6 Å². The molecule has 21 nitrogen and oxygen atoms in total. The normalized spacial score (nSPS) is 20.6. The van der Waals surface area contributed by atoms with Crippen molar-refractivity contribution in [2.24, 2.45) is 16.2 Å². The van der Waals surface area contributed by atoms with Crippen molar-refractivity contribution in [3.05, 3.63) is 281 Å². The number of amides is 4. The Kier molecular flexibility index (Phi) is 28.3. The molecule has 8 aromatic rings. The standard InChI is InChI=1S/C28H33N3O2.C23H25N3.C19H25NO3.C14H16N2O2.C13H16BrNO2.C9H8N2/c1-27(2,3)33-26(32)31(25-14-24(25)21-7-5-4-6-8-21)19-28(11-12-28)18-30-16-22-10-9-20(15-29)13-23(22)17-30;24-12-17-6-7-19-13-26(14-20(19)10-17)16-23(8-9-23)15-25-22-11-21(22)18-4-2-1-3-5-18;1-18(2,3)23-17(22)20(12-19(13-21)9-10-19)16-11-15(16)14-7-5-4-6-8-14;1-14(2,3)18-13(17)16-8-11-5-4-10(7-15)6-12(11)9-16;1-13(2,3)17-12(16)15-7-9-4-5-11(14)6-10(9)8-15;10-4-7-1-2-8-5-11-6-9(8)3-7/h4-10,13,24-25H,11-12,14,16-19H2,1-3H3;1-7,10,21-22,25H,8-9,11,13-16H2;4-8,13,15-16H,9-12H2,1-3H3;4-6H,8-9H2,1-3H3;4-6H,7-8H2,1-3H3;1-3,11H,5-6H2/t24?,25-;21?,22-;15?,16-;;;/m000.../s1. The molecule has 0 radical (unpaired) electrons. The molecule has 128 heavy (non-hydrogen) atoms. The third-order valence-corrected chi connectivity index (χ3v) is 25.9. The van der Waals surface area contributed by atoms with Crippen molar-refractivity contribution in [2.45, 2.75) is 265 Å². The lowest BCUT2D eigenvalue weighted by atomic mass is 10.1. The zero-order chi connectivity index (χ0) is 91.1. The fourth-order valence-electron chi connectivity index (χ4n) is 17.9. The van der Waals surface area contributed by atoms with E-state index in [0.717, 1.165) is 136 Å². The molecule has 6 aliphatic carbocycles. The Morgan fingerprint density at radius 2 is 0.773 bits per heavy atom. The van der Waals surface area contributed by atoms with Crippen molar-refractivity contribution in [3.63, 3.8) is 0 Å². The molecule has 0 bridgehead atoms. The number of hydrogen-bond donors (Lipinski definition) is 2. The molecule has 0 spiro atoms. The van der Waals surface area contributed by atoms with E-state index in [0.29, 0.717) is 67.5 Å². The number of carbonyl (C=O) groups excluding carboxylic acids is 5. The third-order valence-electron chi connectivity index (χ3n) is 25.4. The number of aldehydes is 1. The number of fused-ring (bicyclic) bond motifs is 5. The largest absolute Gasteiger partial charge is 0.444 e. The topological polar surface area (TPSA) is 261 Å². The molecular weight excluding hydrogens is 1670 g/mol. The maximum atomic E-state index is 13.3. The highest BCUT2D eigenvalue weighted by molar-refractivity contribution is 9.10. The van der Waals surface area contributed by atoms with E-state index in [4.69, 9.17) is 34.7 Å². The van der Waals surface area contributed by atoms with E-state index < -0.39 is 22.4 Å². The van der Waals surface area contributed by atoms with Crippen LogP contribution in [0.25, 0.3) is 0 Å². The zero-order valence-electron chi connectivity index (χ0n) is 76.4. The van der Waals surface area contributed by atoms with E-state index in [2.05, 4.69) is 152 Å². The van der Waals surface area contributed by atoms with Crippen molar-refractivity contribution < 1.29 is 42.9 Å². The molecule has 6 saturated carbocycles. The maximum Gasteiger partial charge on any atom is 0.410 e. The van der Waals surface area contributed by atoms with Gasteiger partial charge in [0.1, 0.15) is 28.7 Å². The number of halogens is 1. The van der Waals surface area contributed by atoms with Crippen LogP contribution < -0.4 is 10.6 Å². The van der Waals surface area contributed by atoms with E-state index in [1.54, 1.807) is 20.8 Å². The maximum absolute atomic E-state index is 13.3. The number of nitrogens with zero attached hydrogens (tertiary/aromatic N) is 10. The first kappa shape index (κ1) is 93.0. The Hall–Kier alpha value is -11.2. The van der Waals surface area contributed by atoms with Gasteiger partial charge in [0.05, 0.1) is 46.5 Å². The number of ether oxygens (including phenoxy) is 4. The second kappa shape index (κ2) is 39.0.